The number of hydrogen-bond donors (Lipinski definition) is 2. The van der Waals surface area contributed by atoms with E-state index in [0.717, 1.165) is 12.3 Å². The van der Waals surface area contributed by atoms with E-state index < -0.39 is 40.8 Å². The van der Waals surface area contributed by atoms with Crippen LogP contribution in [-0.4, -0.2) is 48.7 Å². The second-order valence-corrected chi connectivity index (χ2v) is 5.50. The van der Waals surface area contributed by atoms with Gasteiger partial charge in [-0.3, -0.25) is 4.98 Å². The van der Waals surface area contributed by atoms with Gasteiger partial charge in [0.25, 0.3) is 0 Å². The molecular weight excluding hydrogens is 287 g/mol. The molecule has 6 nitrogen and oxygen atoms in total. The summed E-state index contributed by atoms with van der Waals surface area (Å²) in [6.07, 6.45) is -2.64. The van der Waals surface area contributed by atoms with Gasteiger partial charge >= 0.3 is 6.18 Å². The van der Waals surface area contributed by atoms with E-state index in [1.54, 1.807) is 0 Å². The molecule has 1 heterocycles. The van der Waals surface area contributed by atoms with Crippen molar-refractivity contribution in [2.24, 2.45) is 0 Å². The van der Waals surface area contributed by atoms with Crippen LogP contribution in [0.15, 0.2) is 23.4 Å². The van der Waals surface area contributed by atoms with Gasteiger partial charge in [0.2, 0.25) is 10.0 Å². The third kappa shape index (κ3) is 4.04. The molecular formula is C9H12F3N3O3S. The van der Waals surface area contributed by atoms with Gasteiger partial charge in [-0.1, -0.05) is 0 Å². The van der Waals surface area contributed by atoms with Crippen molar-refractivity contribution >= 4 is 15.7 Å². The van der Waals surface area contributed by atoms with E-state index in [-0.39, 0.29) is 9.99 Å². The van der Waals surface area contributed by atoms with E-state index in [1.165, 1.54) is 6.20 Å². The van der Waals surface area contributed by atoms with Crippen molar-refractivity contribution in [3.05, 3.63) is 18.5 Å². The van der Waals surface area contributed by atoms with Crippen LogP contribution in [0.1, 0.15) is 0 Å². The Kier molecular flexibility index (Phi) is 4.71. The van der Waals surface area contributed by atoms with Crippen molar-refractivity contribution < 1.29 is 26.7 Å². The van der Waals surface area contributed by atoms with Gasteiger partial charge in [0.05, 0.1) is 12.3 Å². The summed E-state index contributed by atoms with van der Waals surface area (Å²) in [5.74, 6) is 0. The minimum Gasteiger partial charge on any atom is -0.398 e. The van der Waals surface area contributed by atoms with Crippen LogP contribution in [0.3, 0.4) is 0 Å². The summed E-state index contributed by atoms with van der Waals surface area (Å²) in [5, 5.41) is 8.69. The number of pyridine rings is 1. The van der Waals surface area contributed by atoms with Crippen molar-refractivity contribution in [3.63, 3.8) is 0 Å². The second-order valence-electron chi connectivity index (χ2n) is 3.59. The van der Waals surface area contributed by atoms with Gasteiger partial charge < -0.3 is 10.8 Å². The Hall–Kier alpha value is -1.39. The van der Waals surface area contributed by atoms with Crippen LogP contribution in [0.5, 0.6) is 0 Å². The van der Waals surface area contributed by atoms with E-state index >= 15 is 0 Å². The van der Waals surface area contributed by atoms with Crippen LogP contribution in [0.2, 0.25) is 0 Å². The fourth-order valence-corrected chi connectivity index (χ4v) is 2.82. The highest BCUT2D eigenvalue weighted by Crippen LogP contribution is 2.24. The number of sulfonamides is 1. The van der Waals surface area contributed by atoms with Gasteiger partial charge in [-0.25, -0.2) is 8.42 Å². The lowest BCUT2D eigenvalue weighted by Gasteiger charge is -2.22. The average Bonchev–Trinajstić information content (AvgIpc) is 2.27. The van der Waals surface area contributed by atoms with Crippen molar-refractivity contribution in [1.29, 1.82) is 0 Å². The number of nitrogens with two attached hydrogens (primary N) is 1. The number of alkyl halides is 3. The Bertz CT molecular complexity index is 533. The van der Waals surface area contributed by atoms with Gasteiger partial charge in [0.1, 0.15) is 11.4 Å². The standard InChI is InChI=1S/C9H12F3N3O3S/c10-9(11,12)6-15(3-4-16)19(17,18)8-5-14-2-1-7(8)13/h1-2,5,16H,3-4,6H2,(H2,13,14). The molecule has 1 rings (SSSR count). The SMILES string of the molecule is Nc1ccncc1S(=O)(=O)N(CCO)CC(F)(F)F. The fourth-order valence-electron chi connectivity index (χ4n) is 1.34. The Labute approximate surface area is 107 Å². The van der Waals surface area contributed by atoms with Gasteiger partial charge in [0.15, 0.2) is 0 Å². The predicted octanol–water partition coefficient (Wildman–Crippen LogP) is 0.209. The van der Waals surface area contributed by atoms with Crippen molar-refractivity contribution in [2.45, 2.75) is 11.1 Å². The zero-order chi connectivity index (χ0) is 14.7. The molecule has 0 saturated heterocycles. The number of rotatable bonds is 5. The molecule has 1 aromatic heterocycles. The molecule has 3 N–H and O–H groups in total. The number of nitrogens with zero attached hydrogens (tertiary/aromatic N) is 2. The number of aromatic nitrogens is 1. The predicted molar refractivity (Wildman–Crippen MR) is 60.5 cm³/mol. The molecule has 1 aromatic rings. The Morgan fingerprint density at radius 2 is 2.05 bits per heavy atom. The molecule has 0 atom stereocenters. The molecule has 0 spiro atoms. The van der Waals surface area contributed by atoms with Gasteiger partial charge in [-0.05, 0) is 6.07 Å². The molecule has 108 valence electrons. The number of hydrogen-bond acceptors (Lipinski definition) is 5. The van der Waals surface area contributed by atoms with Crippen molar-refractivity contribution in [1.82, 2.24) is 9.29 Å². The first-order valence-corrected chi connectivity index (χ1v) is 6.50. The third-order valence-corrected chi connectivity index (χ3v) is 4.03. The molecule has 0 aliphatic rings. The molecule has 19 heavy (non-hydrogen) atoms. The lowest BCUT2D eigenvalue weighted by atomic mass is 10.4. The van der Waals surface area contributed by atoms with Crippen LogP contribution in [0, 0.1) is 0 Å². The summed E-state index contributed by atoms with van der Waals surface area (Å²) in [6, 6.07) is 1.16. The Morgan fingerprint density at radius 3 is 2.53 bits per heavy atom. The van der Waals surface area contributed by atoms with Gasteiger partial charge in [-0.2, -0.15) is 17.5 Å². The quantitative estimate of drug-likeness (QED) is 0.810. The smallest absolute Gasteiger partial charge is 0.398 e. The normalized spacial score (nSPS) is 12.9. The van der Waals surface area contributed by atoms with Crippen LogP contribution in [-0.2, 0) is 10.0 Å². The Balaban J connectivity index is 3.17. The van der Waals surface area contributed by atoms with E-state index in [0.29, 0.717) is 0 Å². The number of aliphatic hydroxyl groups excluding tert-OH is 1. The molecule has 0 radical (unpaired) electrons. The summed E-state index contributed by atoms with van der Waals surface area (Å²) in [6.45, 7) is -3.13. The van der Waals surface area contributed by atoms with E-state index in [9.17, 15) is 21.6 Å². The zero-order valence-corrected chi connectivity index (χ0v) is 10.4. The summed E-state index contributed by atoms with van der Waals surface area (Å²) >= 11 is 0. The molecule has 0 aliphatic carbocycles. The second kappa shape index (κ2) is 5.72. The maximum Gasteiger partial charge on any atom is 0.402 e. The maximum absolute atomic E-state index is 12.3. The van der Waals surface area contributed by atoms with E-state index in [1.807, 2.05) is 0 Å². The third-order valence-electron chi connectivity index (χ3n) is 2.14. The van der Waals surface area contributed by atoms with Crippen LogP contribution >= 0.6 is 0 Å². The summed E-state index contributed by atoms with van der Waals surface area (Å²) in [7, 11) is -4.46. The summed E-state index contributed by atoms with van der Waals surface area (Å²) in [5.41, 5.74) is 5.21. The van der Waals surface area contributed by atoms with Crippen LogP contribution in [0.25, 0.3) is 0 Å². The van der Waals surface area contributed by atoms with E-state index in [2.05, 4.69) is 4.98 Å². The Morgan fingerprint density at radius 1 is 1.42 bits per heavy atom. The van der Waals surface area contributed by atoms with Crippen LogP contribution < -0.4 is 5.73 Å². The zero-order valence-electron chi connectivity index (χ0n) is 9.63. The van der Waals surface area contributed by atoms with Crippen molar-refractivity contribution in [2.75, 3.05) is 25.4 Å². The number of anilines is 1. The molecule has 0 amide bonds. The lowest BCUT2D eigenvalue weighted by molar-refractivity contribution is -0.136. The first-order valence-electron chi connectivity index (χ1n) is 5.05. The number of nitrogen functional groups attached to an aromatic ring is 1. The largest absolute Gasteiger partial charge is 0.402 e. The monoisotopic (exact) mass is 299 g/mol. The van der Waals surface area contributed by atoms with Crippen LogP contribution in [0.4, 0.5) is 18.9 Å². The minimum atomic E-state index is -4.72. The molecule has 0 aromatic carbocycles. The highest BCUT2D eigenvalue weighted by Gasteiger charge is 2.37. The van der Waals surface area contributed by atoms with Gasteiger partial charge in [-0.15, -0.1) is 0 Å². The maximum atomic E-state index is 12.3. The first kappa shape index (κ1) is 15.7. The molecule has 0 bridgehead atoms. The first-order chi connectivity index (χ1) is 8.68. The molecule has 0 aliphatic heterocycles. The van der Waals surface area contributed by atoms with Crippen molar-refractivity contribution in [3.8, 4) is 0 Å². The minimum absolute atomic E-state index is 0.111. The number of aliphatic hydroxyl groups is 1. The number of halogens is 3. The van der Waals surface area contributed by atoms with Gasteiger partial charge in [0, 0.05) is 18.9 Å². The fraction of sp³-hybridized carbons (Fsp3) is 0.444. The summed E-state index contributed by atoms with van der Waals surface area (Å²) in [4.78, 5) is 3.00. The topological polar surface area (TPSA) is 96.5 Å². The highest BCUT2D eigenvalue weighted by atomic mass is 32.2. The highest BCUT2D eigenvalue weighted by molar-refractivity contribution is 7.89. The lowest BCUT2D eigenvalue weighted by Crippen LogP contribution is -2.40. The molecule has 0 fully saturated rings. The van der Waals surface area contributed by atoms with E-state index in [4.69, 9.17) is 10.8 Å². The molecule has 10 heteroatoms. The molecule has 0 unspecified atom stereocenters. The molecule has 0 saturated carbocycles. The summed E-state index contributed by atoms with van der Waals surface area (Å²) < 4.78 is 61.2. The average molecular weight is 299 g/mol.